The fourth-order valence-electron chi connectivity index (χ4n) is 7.43. The first kappa shape index (κ1) is 47.0. The third-order valence-corrected chi connectivity index (χ3v) is 10.5. The number of nitrogens with zero attached hydrogens (tertiary/aromatic N) is 8. The van der Waals surface area contributed by atoms with Gasteiger partial charge in [0, 0.05) is 38.6 Å². The number of methoxy groups -OCH3 is 4. The lowest BCUT2D eigenvalue weighted by atomic mass is 9.88. The molecule has 0 spiro atoms. The molecule has 0 unspecified atom stereocenters. The van der Waals surface area contributed by atoms with Crippen LogP contribution in [0, 0.1) is 0 Å². The largest absolute Gasteiger partial charge is 0.493 e. The van der Waals surface area contributed by atoms with Crippen LogP contribution in [0.25, 0.3) is 0 Å². The van der Waals surface area contributed by atoms with Gasteiger partial charge in [-0.05, 0) is 88.5 Å². The van der Waals surface area contributed by atoms with Crippen molar-refractivity contribution in [1.82, 2.24) is 29.9 Å². The van der Waals surface area contributed by atoms with E-state index >= 15 is 0 Å². The van der Waals surface area contributed by atoms with Gasteiger partial charge >= 0.3 is 7.82 Å². The lowest BCUT2D eigenvalue weighted by Gasteiger charge is -2.29. The third kappa shape index (κ3) is 12.8. The fourth-order valence-corrected chi connectivity index (χ4v) is 7.59. The first-order chi connectivity index (χ1) is 30.7. The second-order valence-electron chi connectivity index (χ2n) is 14.5. The SMILES string of the molecule is COc1cc2c(cc1OC)CN(c1nc(N)nc(Cl)n1)CC2.COc1cc2c(cc1OC)CN(c1nc(N)nc(NCCC(c3ccccc3)c3ccccc3)n1)CC2.O=P(O)(O)O. The molecule has 0 saturated heterocycles. The normalized spacial score (nSPS) is 13.0. The first-order valence-corrected chi connectivity index (χ1v) is 22.0. The number of halogens is 1. The molecular weight excluding hydrogens is 865 g/mol. The van der Waals surface area contributed by atoms with Crippen molar-refractivity contribution in [2.45, 2.75) is 38.3 Å². The standard InChI is InChI=1S/C29H32N6O2.C14H16ClN5O2.H3O4P/c1-36-25-17-22-14-16-35(19-23(22)18-26(25)37-2)29-33-27(30)32-28(34-29)31-15-13-24(20-9-5-3-6-10-20)21-11-7-4-8-12-21;1-21-10-5-8-3-4-20(7-9(8)6-11(10)22-2)14-18-12(15)17-13(16)19-14;1-5(2,3)4/h3-12,17-18,24H,13-16,19H2,1-2H3,(H3,30,31,32,33,34);5-6H,3-4,7H2,1-2H3,(H2,16,17,18,19);(H3,1,2,3,4). The van der Waals surface area contributed by atoms with Crippen molar-refractivity contribution in [2.24, 2.45) is 0 Å². The Hall–Kier alpha value is -6.50. The maximum absolute atomic E-state index is 8.88. The Morgan fingerprint density at radius 1 is 0.641 bits per heavy atom. The molecule has 2 aromatic heterocycles. The van der Waals surface area contributed by atoms with Gasteiger partial charge in [-0.2, -0.15) is 29.9 Å². The zero-order valence-corrected chi connectivity index (χ0v) is 37.4. The molecule has 8 rings (SSSR count). The molecule has 338 valence electrons. The van der Waals surface area contributed by atoms with Crippen LogP contribution in [0.5, 0.6) is 23.0 Å². The van der Waals surface area contributed by atoms with Crippen molar-refractivity contribution in [3.05, 3.63) is 124 Å². The summed E-state index contributed by atoms with van der Waals surface area (Å²) in [4.78, 5) is 51.2. The number of benzene rings is 4. The Labute approximate surface area is 375 Å². The summed E-state index contributed by atoms with van der Waals surface area (Å²) in [6.45, 7) is 3.53. The summed E-state index contributed by atoms with van der Waals surface area (Å²) in [5.41, 5.74) is 19.1. The molecule has 8 N–H and O–H groups in total. The van der Waals surface area contributed by atoms with Gasteiger partial charge in [0.25, 0.3) is 0 Å². The molecule has 2 aliphatic heterocycles. The van der Waals surface area contributed by atoms with Gasteiger partial charge in [-0.25, -0.2) is 4.57 Å². The van der Waals surface area contributed by atoms with E-state index in [9.17, 15) is 0 Å². The minimum absolute atomic E-state index is 0.0978. The number of nitrogens with two attached hydrogens (primary N) is 2. The molecule has 2 aliphatic rings. The summed E-state index contributed by atoms with van der Waals surface area (Å²) in [7, 11) is 1.92. The molecule has 0 bridgehead atoms. The van der Waals surface area contributed by atoms with Crippen molar-refractivity contribution in [3.63, 3.8) is 0 Å². The highest BCUT2D eigenvalue weighted by molar-refractivity contribution is 7.45. The van der Waals surface area contributed by atoms with Gasteiger partial charge < -0.3 is 60.2 Å². The summed E-state index contributed by atoms with van der Waals surface area (Å²) in [6.07, 6.45) is 2.58. The van der Waals surface area contributed by atoms with Gasteiger partial charge in [0.1, 0.15) is 0 Å². The van der Waals surface area contributed by atoms with Gasteiger partial charge in [0.15, 0.2) is 23.0 Å². The number of aromatic nitrogens is 6. The van der Waals surface area contributed by atoms with Crippen LogP contribution >= 0.6 is 19.4 Å². The van der Waals surface area contributed by atoms with Crippen LogP contribution in [-0.2, 0) is 30.5 Å². The van der Waals surface area contributed by atoms with Crippen molar-refractivity contribution in [1.29, 1.82) is 0 Å². The monoisotopic (exact) mass is 915 g/mol. The molecule has 21 heteroatoms. The molecule has 4 aromatic carbocycles. The molecular formula is C43H51ClN11O8P. The van der Waals surface area contributed by atoms with Crippen LogP contribution in [0.2, 0.25) is 5.28 Å². The van der Waals surface area contributed by atoms with E-state index in [4.69, 9.17) is 66.2 Å². The molecule has 0 amide bonds. The lowest BCUT2D eigenvalue weighted by Crippen LogP contribution is -2.32. The van der Waals surface area contributed by atoms with Crippen molar-refractivity contribution >= 4 is 49.2 Å². The average Bonchev–Trinajstić information content (AvgIpc) is 3.28. The van der Waals surface area contributed by atoms with Gasteiger partial charge in [-0.1, -0.05) is 60.7 Å². The van der Waals surface area contributed by atoms with E-state index in [1.807, 2.05) is 35.2 Å². The van der Waals surface area contributed by atoms with Gasteiger partial charge in [0.2, 0.25) is 35.0 Å². The zero-order valence-electron chi connectivity index (χ0n) is 35.8. The topological polar surface area (TPSA) is 263 Å². The summed E-state index contributed by atoms with van der Waals surface area (Å²) < 4.78 is 30.5. The van der Waals surface area contributed by atoms with Crippen molar-refractivity contribution in [3.8, 4) is 23.0 Å². The highest BCUT2D eigenvalue weighted by Gasteiger charge is 2.24. The summed E-state index contributed by atoms with van der Waals surface area (Å²) >= 11 is 5.85. The average molecular weight is 916 g/mol. The number of nitrogens with one attached hydrogen (secondary N) is 1. The first-order valence-electron chi connectivity index (χ1n) is 20.0. The summed E-state index contributed by atoms with van der Waals surface area (Å²) in [5.74, 6) is 5.03. The number of hydrogen-bond acceptors (Lipinski definition) is 16. The molecule has 64 heavy (non-hydrogen) atoms. The van der Waals surface area contributed by atoms with Gasteiger partial charge in [0.05, 0.1) is 28.4 Å². The van der Waals surface area contributed by atoms with Crippen LogP contribution in [-0.4, -0.2) is 92.7 Å². The number of fused-ring (bicyclic) bond motifs is 2. The van der Waals surface area contributed by atoms with Crippen LogP contribution in [0.3, 0.4) is 0 Å². The molecule has 6 aromatic rings. The predicted molar refractivity (Wildman–Crippen MR) is 244 cm³/mol. The van der Waals surface area contributed by atoms with E-state index in [0.717, 1.165) is 55.0 Å². The van der Waals surface area contributed by atoms with Crippen molar-refractivity contribution < 1.29 is 38.2 Å². The van der Waals surface area contributed by atoms with E-state index in [1.54, 1.807) is 28.4 Å². The summed E-state index contributed by atoms with van der Waals surface area (Å²) in [5, 5.41) is 3.48. The molecule has 0 saturated carbocycles. The number of rotatable bonds is 12. The molecule has 0 fully saturated rings. The van der Waals surface area contributed by atoms with Crippen molar-refractivity contribution in [2.75, 3.05) is 74.7 Å². The number of anilines is 5. The Kier molecular flexibility index (Phi) is 16.0. The Morgan fingerprint density at radius 3 is 1.47 bits per heavy atom. The third-order valence-electron chi connectivity index (χ3n) is 10.4. The van der Waals surface area contributed by atoms with E-state index in [2.05, 4.69) is 89.7 Å². The smallest absolute Gasteiger partial charge is 0.466 e. The van der Waals surface area contributed by atoms with Crippen LogP contribution in [0.15, 0.2) is 84.9 Å². The Bertz CT molecular complexity index is 2480. The maximum Gasteiger partial charge on any atom is 0.466 e. The number of ether oxygens (including phenoxy) is 4. The van der Waals surface area contributed by atoms with Gasteiger partial charge in [-0.3, -0.25) is 0 Å². The molecule has 0 atom stereocenters. The fraction of sp³-hybridized carbons (Fsp3) is 0.302. The summed E-state index contributed by atoms with van der Waals surface area (Å²) in [6, 6.07) is 29.2. The lowest BCUT2D eigenvalue weighted by molar-refractivity contribution is 0.275. The quantitative estimate of drug-likeness (QED) is 0.0837. The van der Waals surface area contributed by atoms with E-state index < -0.39 is 7.82 Å². The maximum atomic E-state index is 8.88. The highest BCUT2D eigenvalue weighted by atomic mass is 35.5. The minimum atomic E-state index is -4.64. The Morgan fingerprint density at radius 2 is 1.05 bits per heavy atom. The second-order valence-corrected chi connectivity index (χ2v) is 15.8. The molecule has 4 heterocycles. The van der Waals surface area contributed by atoms with E-state index in [1.165, 1.54) is 22.3 Å². The minimum Gasteiger partial charge on any atom is -0.493 e. The second kappa shape index (κ2) is 21.7. The molecule has 0 radical (unpaired) electrons. The predicted octanol–water partition coefficient (Wildman–Crippen LogP) is 5.43. The van der Waals surface area contributed by atoms with Gasteiger partial charge in [-0.15, -0.1) is 0 Å². The van der Waals surface area contributed by atoms with Crippen LogP contribution in [0.1, 0.15) is 45.7 Å². The highest BCUT2D eigenvalue weighted by Crippen LogP contribution is 2.36. The number of nitrogen functional groups attached to an aromatic ring is 2. The Balaban J connectivity index is 0.000000213. The van der Waals surface area contributed by atoms with E-state index in [0.29, 0.717) is 49.0 Å². The van der Waals surface area contributed by atoms with Crippen LogP contribution in [0.4, 0.5) is 29.7 Å². The number of phosphoric acid groups is 1. The van der Waals surface area contributed by atoms with E-state index in [-0.39, 0.29) is 23.1 Å². The van der Waals surface area contributed by atoms with Crippen LogP contribution < -0.4 is 45.5 Å². The molecule has 19 nitrogen and oxygen atoms in total. The zero-order chi connectivity index (χ0) is 45.8. The molecule has 0 aliphatic carbocycles. The number of hydrogen-bond donors (Lipinski definition) is 6.